The predicted octanol–water partition coefficient (Wildman–Crippen LogP) is 2.93. The molecule has 0 unspecified atom stereocenters. The fourth-order valence-corrected chi connectivity index (χ4v) is 6.30. The second-order valence-electron chi connectivity index (χ2n) is 5.32. The summed E-state index contributed by atoms with van der Waals surface area (Å²) in [6, 6.07) is 3.21. The van der Waals surface area contributed by atoms with Crippen LogP contribution in [-0.4, -0.2) is 48.8 Å². The maximum Gasteiger partial charge on any atom is 0.252 e. The van der Waals surface area contributed by atoms with Crippen molar-refractivity contribution >= 4 is 44.3 Å². The minimum absolute atomic E-state index is 0.322. The van der Waals surface area contributed by atoms with E-state index < -0.39 is 10.0 Å². The lowest BCUT2D eigenvalue weighted by Gasteiger charge is -2.33. The molecular weight excluding hydrogens is 374 g/mol. The number of aromatic nitrogens is 1. The first kappa shape index (κ1) is 17.3. The Morgan fingerprint density at radius 3 is 2.57 bits per heavy atom. The van der Waals surface area contributed by atoms with Gasteiger partial charge in [-0.3, -0.25) is 4.90 Å². The lowest BCUT2D eigenvalue weighted by Crippen LogP contribution is -2.48. The largest absolute Gasteiger partial charge is 0.295 e. The van der Waals surface area contributed by atoms with E-state index in [0.29, 0.717) is 21.6 Å². The van der Waals surface area contributed by atoms with Crippen LogP contribution >= 0.6 is 34.3 Å². The van der Waals surface area contributed by atoms with Crippen LogP contribution in [-0.2, 0) is 23.0 Å². The lowest BCUT2D eigenvalue weighted by molar-refractivity contribution is 0.180. The molecular formula is C14H18ClN3O2S3. The molecule has 0 atom stereocenters. The molecule has 0 saturated carbocycles. The highest BCUT2D eigenvalue weighted by Gasteiger charge is 2.29. The number of rotatable bonds is 5. The second kappa shape index (κ2) is 7.16. The Hall–Kier alpha value is -0.510. The van der Waals surface area contributed by atoms with Crippen LogP contribution < -0.4 is 0 Å². The van der Waals surface area contributed by atoms with Crippen LogP contribution in [0.5, 0.6) is 0 Å². The number of hydrogen-bond acceptors (Lipinski definition) is 6. The first-order valence-corrected chi connectivity index (χ1v) is 10.9. The molecule has 3 heterocycles. The normalized spacial score (nSPS) is 17.7. The smallest absolute Gasteiger partial charge is 0.252 e. The summed E-state index contributed by atoms with van der Waals surface area (Å²) in [5, 5.41) is 3.24. The summed E-state index contributed by atoms with van der Waals surface area (Å²) in [6.07, 6.45) is 0.958. The zero-order valence-corrected chi connectivity index (χ0v) is 15.9. The van der Waals surface area contributed by atoms with Crippen molar-refractivity contribution < 1.29 is 8.42 Å². The molecule has 1 fully saturated rings. The van der Waals surface area contributed by atoms with Crippen molar-refractivity contribution in [3.8, 4) is 0 Å². The number of thiazole rings is 1. The number of halogens is 1. The minimum atomic E-state index is -3.41. The molecule has 9 heteroatoms. The first-order valence-electron chi connectivity index (χ1n) is 7.40. The zero-order valence-electron chi connectivity index (χ0n) is 12.7. The van der Waals surface area contributed by atoms with Crippen molar-refractivity contribution in [2.24, 2.45) is 0 Å². The van der Waals surface area contributed by atoms with Gasteiger partial charge in [-0.15, -0.1) is 22.7 Å². The maximum atomic E-state index is 12.6. The second-order valence-corrected chi connectivity index (χ2v) is 10.1. The van der Waals surface area contributed by atoms with Crippen LogP contribution in [0.2, 0.25) is 4.34 Å². The zero-order chi connectivity index (χ0) is 16.4. The van der Waals surface area contributed by atoms with Gasteiger partial charge in [-0.1, -0.05) is 18.5 Å². The fourth-order valence-electron chi connectivity index (χ4n) is 2.50. The number of piperazine rings is 1. The summed E-state index contributed by atoms with van der Waals surface area (Å²) in [5.41, 5.74) is 1.08. The van der Waals surface area contributed by atoms with E-state index in [1.165, 1.54) is 0 Å². The molecule has 0 bridgehead atoms. The van der Waals surface area contributed by atoms with Crippen LogP contribution in [0, 0.1) is 0 Å². The number of sulfonamides is 1. The Bertz CT molecular complexity index is 764. The summed E-state index contributed by atoms with van der Waals surface area (Å²) in [6.45, 7) is 5.33. The average molecular weight is 392 g/mol. The van der Waals surface area contributed by atoms with Gasteiger partial charge in [-0.2, -0.15) is 4.31 Å². The van der Waals surface area contributed by atoms with Gasteiger partial charge in [-0.25, -0.2) is 13.4 Å². The van der Waals surface area contributed by atoms with Gasteiger partial charge in [-0.05, 0) is 18.6 Å². The van der Waals surface area contributed by atoms with E-state index in [1.54, 1.807) is 27.8 Å². The third kappa shape index (κ3) is 3.94. The Morgan fingerprint density at radius 1 is 1.26 bits per heavy atom. The molecule has 1 saturated heterocycles. The summed E-state index contributed by atoms with van der Waals surface area (Å²) < 4.78 is 27.5. The fraction of sp³-hybridized carbons (Fsp3) is 0.500. The highest BCUT2D eigenvalue weighted by molar-refractivity contribution is 7.91. The summed E-state index contributed by atoms with van der Waals surface area (Å²) in [4.78, 5) is 6.82. The van der Waals surface area contributed by atoms with Crippen molar-refractivity contribution in [2.75, 3.05) is 26.2 Å². The highest BCUT2D eigenvalue weighted by atomic mass is 35.5. The molecule has 1 aliphatic rings. The molecule has 23 heavy (non-hydrogen) atoms. The van der Waals surface area contributed by atoms with Gasteiger partial charge in [0.05, 0.1) is 15.0 Å². The molecule has 2 aromatic heterocycles. The van der Waals surface area contributed by atoms with Gasteiger partial charge in [0.25, 0.3) is 10.0 Å². The Labute approximate surface area is 149 Å². The predicted molar refractivity (Wildman–Crippen MR) is 94.9 cm³/mol. The van der Waals surface area contributed by atoms with Gasteiger partial charge in [0, 0.05) is 38.1 Å². The van der Waals surface area contributed by atoms with E-state index in [2.05, 4.69) is 22.2 Å². The van der Waals surface area contributed by atoms with Gasteiger partial charge in [0.1, 0.15) is 4.21 Å². The number of thiophene rings is 1. The quantitative estimate of drug-likeness (QED) is 0.786. The molecule has 0 radical (unpaired) electrons. The van der Waals surface area contributed by atoms with E-state index in [0.717, 1.165) is 48.1 Å². The van der Waals surface area contributed by atoms with E-state index in [9.17, 15) is 8.42 Å². The lowest BCUT2D eigenvalue weighted by atomic mass is 10.3. The van der Waals surface area contributed by atoms with Crippen molar-refractivity contribution in [3.05, 3.63) is 32.6 Å². The van der Waals surface area contributed by atoms with E-state index in [1.807, 2.05) is 0 Å². The maximum absolute atomic E-state index is 12.6. The topological polar surface area (TPSA) is 53.5 Å². The number of nitrogens with zero attached hydrogens (tertiary/aromatic N) is 3. The molecule has 2 aromatic rings. The molecule has 0 aliphatic carbocycles. The van der Waals surface area contributed by atoms with Gasteiger partial charge in [0.2, 0.25) is 0 Å². The summed E-state index contributed by atoms with van der Waals surface area (Å²) in [5.74, 6) is 0. The summed E-state index contributed by atoms with van der Waals surface area (Å²) >= 11 is 8.65. The molecule has 0 spiro atoms. The van der Waals surface area contributed by atoms with Gasteiger partial charge in [0.15, 0.2) is 0 Å². The van der Waals surface area contributed by atoms with E-state index in [4.69, 9.17) is 11.6 Å². The molecule has 0 aromatic carbocycles. The molecule has 0 amide bonds. The molecule has 126 valence electrons. The standard InChI is InChI=1S/C14H18ClN3O2S3/c1-2-13-16-11(10-21-13)9-17-5-7-18(8-6-17)23(19,20)14-4-3-12(15)22-14/h3-4,10H,2,5-9H2,1H3. The van der Waals surface area contributed by atoms with Crippen LogP contribution in [0.3, 0.4) is 0 Å². The average Bonchev–Trinajstić information content (AvgIpc) is 3.17. The van der Waals surface area contributed by atoms with E-state index in [-0.39, 0.29) is 0 Å². The molecule has 5 nitrogen and oxygen atoms in total. The summed E-state index contributed by atoms with van der Waals surface area (Å²) in [7, 11) is -3.41. The van der Waals surface area contributed by atoms with Crippen LogP contribution in [0.15, 0.2) is 21.7 Å². The van der Waals surface area contributed by atoms with Crippen molar-refractivity contribution in [2.45, 2.75) is 24.1 Å². The minimum Gasteiger partial charge on any atom is -0.295 e. The van der Waals surface area contributed by atoms with Crippen molar-refractivity contribution in [3.63, 3.8) is 0 Å². The SMILES string of the molecule is CCc1nc(CN2CCN(S(=O)(=O)c3ccc(Cl)s3)CC2)cs1. The van der Waals surface area contributed by atoms with Crippen LogP contribution in [0.1, 0.15) is 17.6 Å². The first-order chi connectivity index (χ1) is 11.0. The van der Waals surface area contributed by atoms with Crippen molar-refractivity contribution in [1.82, 2.24) is 14.2 Å². The van der Waals surface area contributed by atoms with Crippen molar-refractivity contribution in [1.29, 1.82) is 0 Å². The Morgan fingerprint density at radius 2 is 2.00 bits per heavy atom. The third-order valence-corrected chi connectivity index (χ3v) is 8.40. The number of hydrogen-bond donors (Lipinski definition) is 0. The third-order valence-electron chi connectivity index (χ3n) is 3.76. The molecule has 3 rings (SSSR count). The highest BCUT2D eigenvalue weighted by Crippen LogP contribution is 2.28. The van der Waals surface area contributed by atoms with Gasteiger partial charge < -0.3 is 0 Å². The monoisotopic (exact) mass is 391 g/mol. The van der Waals surface area contributed by atoms with Crippen LogP contribution in [0.4, 0.5) is 0 Å². The van der Waals surface area contributed by atoms with Crippen LogP contribution in [0.25, 0.3) is 0 Å². The number of aryl methyl sites for hydroxylation is 1. The van der Waals surface area contributed by atoms with E-state index >= 15 is 0 Å². The molecule has 0 N–H and O–H groups in total. The Kier molecular flexibility index (Phi) is 5.39. The van der Waals surface area contributed by atoms with Gasteiger partial charge >= 0.3 is 0 Å². The Balaban J connectivity index is 1.59. The molecule has 1 aliphatic heterocycles.